The van der Waals surface area contributed by atoms with Crippen LogP contribution in [0.15, 0.2) is 54.6 Å². The number of halogens is 1. The number of benzene rings is 2. The highest BCUT2D eigenvalue weighted by Crippen LogP contribution is 2.12. The SMILES string of the molecule is O=C(Oc1ccccc1)N1CCCN(CC(O)COCc2ccccc2F)CC1. The number of rotatable bonds is 7. The summed E-state index contributed by atoms with van der Waals surface area (Å²) >= 11 is 0. The second-order valence-corrected chi connectivity index (χ2v) is 7.08. The van der Waals surface area contributed by atoms with E-state index in [1.165, 1.54) is 6.07 Å². The Morgan fingerprint density at radius 3 is 2.59 bits per heavy atom. The van der Waals surface area contributed by atoms with Gasteiger partial charge in [-0.05, 0) is 24.6 Å². The average Bonchev–Trinajstić information content (AvgIpc) is 2.96. The highest BCUT2D eigenvalue weighted by atomic mass is 19.1. The highest BCUT2D eigenvalue weighted by Gasteiger charge is 2.22. The van der Waals surface area contributed by atoms with Crippen molar-refractivity contribution >= 4 is 6.09 Å². The summed E-state index contributed by atoms with van der Waals surface area (Å²) in [5, 5.41) is 10.2. The molecule has 156 valence electrons. The van der Waals surface area contributed by atoms with Gasteiger partial charge in [-0.1, -0.05) is 36.4 Å². The summed E-state index contributed by atoms with van der Waals surface area (Å²) in [5.41, 5.74) is 0.474. The predicted molar refractivity (Wildman–Crippen MR) is 107 cm³/mol. The third-order valence-corrected chi connectivity index (χ3v) is 4.79. The molecule has 2 aromatic carbocycles. The molecule has 29 heavy (non-hydrogen) atoms. The molecule has 0 aliphatic carbocycles. The number of hydrogen-bond donors (Lipinski definition) is 1. The topological polar surface area (TPSA) is 62.2 Å². The van der Waals surface area contributed by atoms with Gasteiger partial charge in [0.25, 0.3) is 0 Å². The van der Waals surface area contributed by atoms with E-state index < -0.39 is 6.10 Å². The smallest absolute Gasteiger partial charge is 0.410 e. The lowest BCUT2D eigenvalue weighted by Crippen LogP contribution is -2.39. The van der Waals surface area contributed by atoms with Crippen molar-refractivity contribution < 1.29 is 23.8 Å². The molecule has 1 saturated heterocycles. The minimum atomic E-state index is -0.676. The van der Waals surface area contributed by atoms with Gasteiger partial charge in [-0.15, -0.1) is 0 Å². The van der Waals surface area contributed by atoms with Crippen molar-refractivity contribution in [2.75, 3.05) is 39.3 Å². The Kier molecular flexibility index (Phi) is 7.98. The molecule has 1 amide bonds. The maximum atomic E-state index is 13.6. The Labute approximate surface area is 170 Å². The molecule has 1 N–H and O–H groups in total. The van der Waals surface area contributed by atoms with E-state index in [1.807, 2.05) is 18.2 Å². The number of hydrogen-bond acceptors (Lipinski definition) is 5. The number of ether oxygens (including phenoxy) is 2. The van der Waals surface area contributed by atoms with Gasteiger partial charge in [-0.2, -0.15) is 0 Å². The van der Waals surface area contributed by atoms with Crippen LogP contribution in [0.5, 0.6) is 5.75 Å². The van der Waals surface area contributed by atoms with Gasteiger partial charge in [-0.25, -0.2) is 9.18 Å². The number of carbonyl (C=O) groups is 1. The van der Waals surface area contributed by atoms with Crippen molar-refractivity contribution in [3.8, 4) is 5.75 Å². The van der Waals surface area contributed by atoms with Gasteiger partial charge in [0.2, 0.25) is 0 Å². The molecule has 2 aromatic rings. The van der Waals surface area contributed by atoms with Gasteiger partial charge in [-0.3, -0.25) is 4.90 Å². The van der Waals surface area contributed by atoms with Crippen LogP contribution < -0.4 is 4.74 Å². The molecule has 7 heteroatoms. The molecular formula is C22H27FN2O4. The van der Waals surface area contributed by atoms with Crippen molar-refractivity contribution in [2.45, 2.75) is 19.1 Å². The summed E-state index contributed by atoms with van der Waals surface area (Å²) in [6, 6.07) is 15.5. The lowest BCUT2D eigenvalue weighted by Gasteiger charge is -2.23. The van der Waals surface area contributed by atoms with E-state index in [-0.39, 0.29) is 25.1 Å². The van der Waals surface area contributed by atoms with Crippen molar-refractivity contribution in [2.24, 2.45) is 0 Å². The Morgan fingerprint density at radius 2 is 1.79 bits per heavy atom. The van der Waals surface area contributed by atoms with Crippen molar-refractivity contribution in [3.05, 3.63) is 66.0 Å². The van der Waals surface area contributed by atoms with E-state index in [4.69, 9.17) is 9.47 Å². The molecule has 1 fully saturated rings. The zero-order valence-electron chi connectivity index (χ0n) is 16.4. The van der Waals surface area contributed by atoms with Gasteiger partial charge >= 0.3 is 6.09 Å². The summed E-state index contributed by atoms with van der Waals surface area (Å²) in [6.45, 7) is 3.27. The van der Waals surface area contributed by atoms with Crippen LogP contribution in [-0.4, -0.2) is 66.4 Å². The Balaban J connectivity index is 1.38. The standard InChI is InChI=1S/C22H27FN2O4/c23-21-10-5-4-7-18(21)16-28-17-19(26)15-24-11-6-12-25(14-13-24)22(27)29-20-8-2-1-3-9-20/h1-5,7-10,19,26H,6,11-17H2. The average molecular weight is 402 g/mol. The molecule has 1 unspecified atom stereocenters. The Morgan fingerprint density at radius 1 is 1.03 bits per heavy atom. The second-order valence-electron chi connectivity index (χ2n) is 7.08. The van der Waals surface area contributed by atoms with Gasteiger partial charge < -0.3 is 19.5 Å². The molecule has 0 saturated carbocycles. The third kappa shape index (κ3) is 6.81. The Bertz CT molecular complexity index is 774. The molecule has 0 bridgehead atoms. The molecule has 0 aromatic heterocycles. The first kappa shape index (κ1) is 21.2. The first-order valence-corrected chi connectivity index (χ1v) is 9.85. The zero-order chi connectivity index (χ0) is 20.5. The first-order valence-electron chi connectivity index (χ1n) is 9.85. The monoisotopic (exact) mass is 402 g/mol. The maximum Gasteiger partial charge on any atom is 0.415 e. The minimum Gasteiger partial charge on any atom is -0.410 e. The minimum absolute atomic E-state index is 0.128. The fourth-order valence-corrected chi connectivity index (χ4v) is 3.26. The summed E-state index contributed by atoms with van der Waals surface area (Å²) in [5.74, 6) is 0.220. The number of para-hydroxylation sites is 1. The number of carbonyl (C=O) groups excluding carboxylic acids is 1. The van der Waals surface area contributed by atoms with Crippen LogP contribution in [0.1, 0.15) is 12.0 Å². The molecule has 0 radical (unpaired) electrons. The Hall–Kier alpha value is -2.48. The van der Waals surface area contributed by atoms with Crippen molar-refractivity contribution in [1.29, 1.82) is 0 Å². The summed E-state index contributed by atoms with van der Waals surface area (Å²) in [6.07, 6.45) is -0.233. The molecule has 1 heterocycles. The van der Waals surface area contributed by atoms with Crippen LogP contribution in [0.2, 0.25) is 0 Å². The van der Waals surface area contributed by atoms with Gasteiger partial charge in [0, 0.05) is 38.3 Å². The number of β-amino-alcohol motifs (C(OH)–C–C–N with tert-alkyl or cyclic N) is 1. The number of amides is 1. The van der Waals surface area contributed by atoms with Gasteiger partial charge in [0.1, 0.15) is 11.6 Å². The predicted octanol–water partition coefficient (Wildman–Crippen LogP) is 2.91. The molecule has 1 atom stereocenters. The maximum absolute atomic E-state index is 13.6. The quantitative estimate of drug-likeness (QED) is 0.772. The number of nitrogens with zero attached hydrogens (tertiary/aromatic N) is 2. The van der Waals surface area contributed by atoms with Gasteiger partial charge in [0.15, 0.2) is 0 Å². The fourth-order valence-electron chi connectivity index (χ4n) is 3.26. The molecule has 1 aliphatic heterocycles. The number of aliphatic hydroxyl groups excluding tert-OH is 1. The molecule has 0 spiro atoms. The van der Waals surface area contributed by atoms with E-state index >= 15 is 0 Å². The van der Waals surface area contributed by atoms with Crippen LogP contribution in [-0.2, 0) is 11.3 Å². The molecular weight excluding hydrogens is 375 g/mol. The highest BCUT2D eigenvalue weighted by molar-refractivity contribution is 5.70. The lowest BCUT2D eigenvalue weighted by atomic mass is 10.2. The van der Waals surface area contributed by atoms with E-state index in [0.717, 1.165) is 13.0 Å². The van der Waals surface area contributed by atoms with E-state index in [1.54, 1.807) is 35.2 Å². The third-order valence-electron chi connectivity index (χ3n) is 4.79. The van der Waals surface area contributed by atoms with Crippen LogP contribution in [0, 0.1) is 5.82 Å². The summed E-state index contributed by atoms with van der Waals surface area (Å²) < 4.78 is 24.4. The summed E-state index contributed by atoms with van der Waals surface area (Å²) in [4.78, 5) is 16.1. The number of aliphatic hydroxyl groups is 1. The van der Waals surface area contributed by atoms with Crippen molar-refractivity contribution in [1.82, 2.24) is 9.80 Å². The summed E-state index contributed by atoms with van der Waals surface area (Å²) in [7, 11) is 0. The fraction of sp³-hybridized carbons (Fsp3) is 0.409. The van der Waals surface area contributed by atoms with Crippen LogP contribution >= 0.6 is 0 Å². The lowest BCUT2D eigenvalue weighted by molar-refractivity contribution is 0.00980. The molecule has 6 nitrogen and oxygen atoms in total. The van der Waals surface area contributed by atoms with Crippen LogP contribution in [0.3, 0.4) is 0 Å². The van der Waals surface area contributed by atoms with E-state index in [9.17, 15) is 14.3 Å². The van der Waals surface area contributed by atoms with E-state index in [0.29, 0.717) is 37.5 Å². The van der Waals surface area contributed by atoms with Crippen molar-refractivity contribution in [3.63, 3.8) is 0 Å². The van der Waals surface area contributed by atoms with Gasteiger partial charge in [0.05, 0.1) is 19.3 Å². The first-order chi connectivity index (χ1) is 14.1. The van der Waals surface area contributed by atoms with E-state index in [2.05, 4.69) is 4.90 Å². The van der Waals surface area contributed by atoms with Crippen LogP contribution in [0.4, 0.5) is 9.18 Å². The second kappa shape index (κ2) is 10.9. The van der Waals surface area contributed by atoms with Crippen LogP contribution in [0.25, 0.3) is 0 Å². The molecule has 1 aliphatic rings. The largest absolute Gasteiger partial charge is 0.415 e. The normalized spacial score (nSPS) is 16.3. The zero-order valence-corrected chi connectivity index (χ0v) is 16.4. The molecule has 3 rings (SSSR count).